The van der Waals surface area contributed by atoms with E-state index < -0.39 is 24.1 Å². The summed E-state index contributed by atoms with van der Waals surface area (Å²) in [6.45, 7) is 10.2. The fourth-order valence-corrected chi connectivity index (χ4v) is 3.53. The van der Waals surface area contributed by atoms with Crippen LogP contribution in [-0.4, -0.2) is 106 Å². The third-order valence-electron chi connectivity index (χ3n) is 6.05. The molecule has 0 amide bonds. The smallest absolute Gasteiger partial charge is 0.303 e. The lowest BCUT2D eigenvalue weighted by Gasteiger charge is -2.15. The summed E-state index contributed by atoms with van der Waals surface area (Å²) in [5.41, 5.74) is 2.37. The second kappa shape index (κ2) is 26.9. The van der Waals surface area contributed by atoms with Crippen LogP contribution in [-0.2, 0) is 22.4 Å². The molecule has 2 aromatic carbocycles. The number of benzene rings is 2. The van der Waals surface area contributed by atoms with Gasteiger partial charge < -0.3 is 50.7 Å². The number of hydrogen-bond acceptors (Lipinski definition) is 10. The van der Waals surface area contributed by atoms with Crippen molar-refractivity contribution in [1.29, 1.82) is 0 Å². The Morgan fingerprint density at radius 1 is 0.630 bits per heavy atom. The number of carboxylic acids is 2. The lowest BCUT2D eigenvalue weighted by Crippen LogP contribution is -2.35. The first kappa shape index (κ1) is 42.7. The molecule has 12 nitrogen and oxygen atoms in total. The predicted octanol–water partition coefficient (Wildman–Crippen LogP) is 2.63. The summed E-state index contributed by atoms with van der Waals surface area (Å²) in [6, 6.07) is 16.3. The molecule has 0 heterocycles. The summed E-state index contributed by atoms with van der Waals surface area (Å²) >= 11 is 0. The number of ether oxygens (including phenoxy) is 2. The highest BCUT2D eigenvalue weighted by Gasteiger charge is 2.07. The molecule has 0 spiro atoms. The molecule has 0 saturated heterocycles. The average Bonchev–Trinajstić information content (AvgIpc) is 3.03. The van der Waals surface area contributed by atoms with Gasteiger partial charge in [-0.2, -0.15) is 0 Å². The lowest BCUT2D eigenvalue weighted by molar-refractivity contribution is -0.143. The zero-order valence-corrected chi connectivity index (χ0v) is 27.7. The van der Waals surface area contributed by atoms with Gasteiger partial charge in [0.15, 0.2) is 0 Å². The Labute approximate surface area is 273 Å². The first-order chi connectivity index (χ1) is 21.9. The second-order valence-corrected chi connectivity index (χ2v) is 11.3. The molecule has 0 aliphatic rings. The van der Waals surface area contributed by atoms with E-state index in [-0.39, 0.29) is 39.3 Å². The molecule has 0 aromatic heterocycles. The fraction of sp³-hybridized carbons (Fsp3) is 0.588. The lowest BCUT2D eigenvalue weighted by atomic mass is 10.1. The van der Waals surface area contributed by atoms with E-state index in [9.17, 15) is 19.8 Å². The van der Waals surface area contributed by atoms with Crippen molar-refractivity contribution in [2.45, 2.75) is 90.5 Å². The van der Waals surface area contributed by atoms with Gasteiger partial charge in [0.1, 0.15) is 36.9 Å². The quantitative estimate of drug-likeness (QED) is 0.0983. The van der Waals surface area contributed by atoms with Gasteiger partial charge in [-0.05, 0) is 61.1 Å². The van der Waals surface area contributed by atoms with Crippen LogP contribution in [0.5, 0.6) is 11.5 Å². The number of carbonyl (C=O) groups is 2. The van der Waals surface area contributed by atoms with E-state index in [0.717, 1.165) is 37.2 Å². The number of hydrogen-bond donors (Lipinski definition) is 8. The fourth-order valence-electron chi connectivity index (χ4n) is 3.53. The van der Waals surface area contributed by atoms with Crippen molar-refractivity contribution < 1.29 is 49.7 Å². The van der Waals surface area contributed by atoms with E-state index in [2.05, 4.69) is 10.6 Å². The summed E-state index contributed by atoms with van der Waals surface area (Å²) in [6.07, 6.45) is 1.70. The van der Waals surface area contributed by atoms with Gasteiger partial charge >= 0.3 is 11.9 Å². The summed E-state index contributed by atoms with van der Waals surface area (Å²) < 4.78 is 11.0. The molecule has 12 heteroatoms. The highest BCUT2D eigenvalue weighted by Crippen LogP contribution is 2.14. The van der Waals surface area contributed by atoms with Crippen molar-refractivity contribution in [2.75, 3.05) is 39.5 Å². The Kier molecular flexibility index (Phi) is 25.0. The first-order valence-corrected chi connectivity index (χ1v) is 15.8. The summed E-state index contributed by atoms with van der Waals surface area (Å²) in [5.74, 6) is -0.632. The topological polar surface area (TPSA) is 198 Å². The molecule has 0 fully saturated rings. The number of nitrogens with one attached hydrogen (secondary N) is 2. The van der Waals surface area contributed by atoms with E-state index >= 15 is 0 Å². The van der Waals surface area contributed by atoms with E-state index in [0.29, 0.717) is 25.2 Å². The van der Waals surface area contributed by atoms with Crippen LogP contribution in [0.25, 0.3) is 0 Å². The Balaban J connectivity index is 0.000000716. The molecule has 46 heavy (non-hydrogen) atoms. The van der Waals surface area contributed by atoms with E-state index in [1.165, 1.54) is 11.1 Å². The monoisotopic (exact) mass is 652 g/mol. The molecule has 2 atom stereocenters. The average molecular weight is 653 g/mol. The van der Waals surface area contributed by atoms with Crippen LogP contribution < -0.4 is 20.1 Å². The maximum atomic E-state index is 9.71. The Hall–Kier alpha value is -3.26. The maximum Gasteiger partial charge on any atom is 0.303 e. The second-order valence-electron chi connectivity index (χ2n) is 11.3. The van der Waals surface area contributed by atoms with Crippen molar-refractivity contribution in [2.24, 2.45) is 0 Å². The predicted molar refractivity (Wildman–Crippen MR) is 177 cm³/mol. The zero-order chi connectivity index (χ0) is 34.7. The minimum Gasteiger partial charge on any atom is -0.491 e. The number of rotatable bonds is 21. The SMILES string of the molecule is CC(C)NCC(O)COc1ccc(CCCO)cc1.CC(C)NCC(O)COc1ccc(CCCO)cc1.O=C(O)CCC(=O)O. The Morgan fingerprint density at radius 3 is 1.22 bits per heavy atom. The number of aliphatic carboxylic acids is 2. The molecule has 0 radical (unpaired) electrons. The Morgan fingerprint density at radius 2 is 0.957 bits per heavy atom. The summed E-state index contributed by atoms with van der Waals surface area (Å²) in [5, 5.41) is 59.1. The van der Waals surface area contributed by atoms with Gasteiger partial charge in [0.25, 0.3) is 0 Å². The van der Waals surface area contributed by atoms with Gasteiger partial charge in [-0.25, -0.2) is 0 Å². The van der Waals surface area contributed by atoms with Crippen LogP contribution in [0.4, 0.5) is 0 Å². The highest BCUT2D eigenvalue weighted by atomic mass is 16.5. The third kappa shape index (κ3) is 26.0. The first-order valence-electron chi connectivity index (χ1n) is 15.8. The van der Waals surface area contributed by atoms with Gasteiger partial charge in [-0.15, -0.1) is 0 Å². The molecule has 2 unspecified atom stereocenters. The van der Waals surface area contributed by atoms with Gasteiger partial charge in [-0.3, -0.25) is 9.59 Å². The Bertz CT molecular complexity index is 950. The molecule has 2 aromatic rings. The van der Waals surface area contributed by atoms with Crippen molar-refractivity contribution >= 4 is 11.9 Å². The van der Waals surface area contributed by atoms with Crippen LogP contribution in [0.1, 0.15) is 64.5 Å². The highest BCUT2D eigenvalue weighted by molar-refractivity contribution is 5.75. The van der Waals surface area contributed by atoms with Crippen molar-refractivity contribution in [1.82, 2.24) is 10.6 Å². The molecule has 0 aliphatic heterocycles. The van der Waals surface area contributed by atoms with E-state index in [4.69, 9.17) is 29.9 Å². The van der Waals surface area contributed by atoms with Gasteiger partial charge in [0, 0.05) is 38.4 Å². The standard InChI is InChI=1S/2C15H25NO3.C4H6O4/c2*1-12(2)16-10-14(18)11-19-15-7-5-13(6-8-15)4-3-9-17;5-3(6)1-2-4(7)8/h2*5-8,12,14,16-18H,3-4,9-11H2,1-2H3;1-2H2,(H,5,6)(H,7,8). The minimum atomic E-state index is -1.08. The maximum absolute atomic E-state index is 9.71. The van der Waals surface area contributed by atoms with E-state index in [1.807, 2.05) is 76.2 Å². The van der Waals surface area contributed by atoms with Crippen LogP contribution in [0.2, 0.25) is 0 Å². The van der Waals surface area contributed by atoms with Gasteiger partial charge in [-0.1, -0.05) is 52.0 Å². The molecule has 8 N–H and O–H groups in total. The molecule has 2 rings (SSSR count). The molecule has 0 aliphatic carbocycles. The van der Waals surface area contributed by atoms with Crippen LogP contribution >= 0.6 is 0 Å². The molecular weight excluding hydrogens is 596 g/mol. The van der Waals surface area contributed by atoms with Crippen molar-refractivity contribution in [3.63, 3.8) is 0 Å². The van der Waals surface area contributed by atoms with E-state index in [1.54, 1.807) is 0 Å². The molecule has 0 saturated carbocycles. The number of carboxylic acid groups (broad SMARTS) is 2. The number of aryl methyl sites for hydroxylation is 2. The van der Waals surface area contributed by atoms with Gasteiger partial charge in [0.05, 0.1) is 12.8 Å². The van der Waals surface area contributed by atoms with Crippen LogP contribution in [0, 0.1) is 0 Å². The minimum absolute atomic E-state index is 0.216. The molecular formula is C34H56N2O10. The van der Waals surface area contributed by atoms with Gasteiger partial charge in [0.2, 0.25) is 0 Å². The van der Waals surface area contributed by atoms with Crippen LogP contribution in [0.15, 0.2) is 48.5 Å². The summed E-state index contributed by atoms with van der Waals surface area (Å²) in [7, 11) is 0. The molecule has 0 bridgehead atoms. The zero-order valence-electron chi connectivity index (χ0n) is 27.7. The number of aliphatic hydroxyl groups excluding tert-OH is 4. The van der Waals surface area contributed by atoms with Crippen molar-refractivity contribution in [3.05, 3.63) is 59.7 Å². The summed E-state index contributed by atoms with van der Waals surface area (Å²) in [4.78, 5) is 19.3. The normalized spacial score (nSPS) is 12.0. The largest absolute Gasteiger partial charge is 0.491 e. The van der Waals surface area contributed by atoms with Crippen molar-refractivity contribution in [3.8, 4) is 11.5 Å². The molecule has 262 valence electrons. The number of aliphatic hydroxyl groups is 4. The van der Waals surface area contributed by atoms with Crippen LogP contribution in [0.3, 0.4) is 0 Å². The third-order valence-corrected chi connectivity index (χ3v) is 6.05.